The number of aliphatic hydroxyl groups excluding tert-OH is 1. The third kappa shape index (κ3) is 6.31. The van der Waals surface area contributed by atoms with Crippen molar-refractivity contribution in [3.8, 4) is 17.2 Å². The zero-order valence-corrected chi connectivity index (χ0v) is 27.9. The molecule has 4 aromatic rings. The quantitative estimate of drug-likeness (QED) is 0.0563. The van der Waals surface area contributed by atoms with Crippen molar-refractivity contribution in [2.75, 3.05) is 18.1 Å². The molecule has 2 atom stereocenters. The predicted molar refractivity (Wildman–Crippen MR) is 179 cm³/mol. The summed E-state index contributed by atoms with van der Waals surface area (Å²) in [6.45, 7) is 6.72. The molecule has 1 saturated heterocycles. The second-order valence-electron chi connectivity index (χ2n) is 10.8. The number of nitrogens with zero attached hydrogens (tertiary/aromatic N) is 3. The van der Waals surface area contributed by atoms with Crippen LogP contribution in [0.15, 0.2) is 70.6 Å². The molecule has 0 aliphatic carbocycles. The molecule has 6 rings (SSSR count). The van der Waals surface area contributed by atoms with Gasteiger partial charge >= 0.3 is 5.91 Å². The van der Waals surface area contributed by atoms with Crippen molar-refractivity contribution in [1.29, 1.82) is 0 Å². The first-order chi connectivity index (χ1) is 22.3. The predicted octanol–water partition coefficient (Wildman–Crippen LogP) is 7.62. The van der Waals surface area contributed by atoms with Crippen LogP contribution in [0.5, 0.6) is 17.2 Å². The van der Waals surface area contributed by atoms with E-state index in [2.05, 4.69) is 10.2 Å². The van der Waals surface area contributed by atoms with Gasteiger partial charge in [0, 0.05) is 22.8 Å². The molecule has 46 heavy (non-hydrogen) atoms. The van der Waals surface area contributed by atoms with Gasteiger partial charge in [0.25, 0.3) is 5.78 Å². The van der Waals surface area contributed by atoms with Crippen LogP contribution < -0.4 is 19.1 Å². The number of amides is 1. The lowest BCUT2D eigenvalue weighted by atomic mass is 9.94. The maximum atomic E-state index is 13.8. The second-order valence-corrected chi connectivity index (χ2v) is 13.4. The van der Waals surface area contributed by atoms with Gasteiger partial charge in [-0.15, -0.1) is 10.2 Å². The molecule has 238 valence electrons. The fourth-order valence-corrected chi connectivity index (χ4v) is 7.63. The maximum absolute atomic E-state index is 13.8. The number of Topliss-reactive ketones (excluding diaryl/α,β-unsaturated/α-hetero) is 1. The summed E-state index contributed by atoms with van der Waals surface area (Å²) in [5.74, 6) is 0.386. The van der Waals surface area contributed by atoms with Crippen LogP contribution in [-0.4, -0.2) is 46.3 Å². The van der Waals surface area contributed by atoms with E-state index < -0.39 is 17.7 Å². The molecule has 1 amide bonds. The van der Waals surface area contributed by atoms with Gasteiger partial charge in [-0.3, -0.25) is 14.5 Å². The van der Waals surface area contributed by atoms with Crippen molar-refractivity contribution in [3.05, 3.63) is 93.5 Å². The fourth-order valence-electron chi connectivity index (χ4n) is 5.48. The highest BCUT2D eigenvalue weighted by Crippen LogP contribution is 2.46. The van der Waals surface area contributed by atoms with Gasteiger partial charge in [-0.1, -0.05) is 65.9 Å². The number of benzene rings is 3. The first-order valence-electron chi connectivity index (χ1n) is 15.0. The molecule has 12 heteroatoms. The number of rotatable bonds is 11. The summed E-state index contributed by atoms with van der Waals surface area (Å²) in [6, 6.07) is 17.1. The summed E-state index contributed by atoms with van der Waals surface area (Å²) in [4.78, 5) is 28.9. The van der Waals surface area contributed by atoms with Crippen LogP contribution in [0.3, 0.4) is 0 Å². The Balaban J connectivity index is 1.43. The van der Waals surface area contributed by atoms with Crippen molar-refractivity contribution in [3.63, 3.8) is 0 Å². The minimum atomic E-state index is -1.00. The van der Waals surface area contributed by atoms with E-state index in [1.807, 2.05) is 45.0 Å². The molecule has 2 aliphatic rings. The average molecular weight is 678 g/mol. The third-order valence-corrected chi connectivity index (χ3v) is 10.0. The van der Waals surface area contributed by atoms with Crippen LogP contribution in [0, 0.1) is 0 Å². The van der Waals surface area contributed by atoms with Crippen LogP contribution in [0.2, 0.25) is 5.02 Å². The standard InChI is InChI=1S/C34H32ClN3O6S2/c1-4-14-43-26-13-10-20(17-27(26)42-5-2)29-28(30(39)21-11-12-25-23(16-21)15-19(3)44-25)31(40)32(41)38(29)33-36-37-34(46-33)45-18-22-8-6-7-9-24(22)35/h6-13,16-17,19,29,39H,4-5,14-15,18H2,1-3H3/t19-,29-/m0/s1. The van der Waals surface area contributed by atoms with Crippen molar-refractivity contribution >= 4 is 57.3 Å². The fraction of sp³-hybridized carbons (Fsp3) is 0.294. The van der Waals surface area contributed by atoms with Crippen LogP contribution in [-0.2, 0) is 21.8 Å². The summed E-state index contributed by atoms with van der Waals surface area (Å²) in [5.41, 5.74) is 2.77. The van der Waals surface area contributed by atoms with Gasteiger partial charge in [0.2, 0.25) is 5.13 Å². The van der Waals surface area contributed by atoms with Gasteiger partial charge in [0.05, 0.1) is 24.8 Å². The number of carbonyl (C=O) groups excluding carboxylic acids is 2. The normalized spacial score (nSPS) is 18.5. The number of fused-ring (bicyclic) bond motifs is 1. The molecule has 9 nitrogen and oxygen atoms in total. The number of hydrogen-bond acceptors (Lipinski definition) is 10. The molecule has 0 bridgehead atoms. The highest BCUT2D eigenvalue weighted by Gasteiger charge is 2.48. The average Bonchev–Trinajstić information content (AvgIpc) is 3.74. The van der Waals surface area contributed by atoms with E-state index in [0.29, 0.717) is 57.4 Å². The molecule has 3 heterocycles. The number of aromatic nitrogens is 2. The lowest BCUT2D eigenvalue weighted by Crippen LogP contribution is -2.29. The molecular weight excluding hydrogens is 646 g/mol. The van der Waals surface area contributed by atoms with Crippen LogP contribution in [0.25, 0.3) is 5.76 Å². The maximum Gasteiger partial charge on any atom is 0.301 e. The van der Waals surface area contributed by atoms with E-state index in [9.17, 15) is 14.7 Å². The minimum absolute atomic E-state index is 0.00536. The summed E-state index contributed by atoms with van der Waals surface area (Å²) in [7, 11) is 0. The van der Waals surface area contributed by atoms with Crippen LogP contribution in [0.4, 0.5) is 5.13 Å². The van der Waals surface area contributed by atoms with Crippen LogP contribution >= 0.6 is 34.7 Å². The topological polar surface area (TPSA) is 111 Å². The second kappa shape index (κ2) is 13.7. The summed E-state index contributed by atoms with van der Waals surface area (Å²) >= 11 is 8.96. The molecule has 1 fully saturated rings. The number of halogens is 1. The first-order valence-corrected chi connectivity index (χ1v) is 17.2. The van der Waals surface area contributed by atoms with Crippen molar-refractivity contribution in [1.82, 2.24) is 10.2 Å². The molecule has 0 unspecified atom stereocenters. The molecule has 0 spiro atoms. The highest BCUT2D eigenvalue weighted by molar-refractivity contribution is 8.00. The Morgan fingerprint density at radius 1 is 1.09 bits per heavy atom. The summed E-state index contributed by atoms with van der Waals surface area (Å²) < 4.78 is 18.2. The van der Waals surface area contributed by atoms with Gasteiger partial charge in [-0.2, -0.15) is 0 Å². The molecular formula is C34H32ClN3O6S2. The Labute approximate surface area is 280 Å². The van der Waals surface area contributed by atoms with E-state index in [-0.39, 0.29) is 22.6 Å². The van der Waals surface area contributed by atoms with E-state index in [4.69, 9.17) is 25.8 Å². The molecule has 1 N–H and O–H groups in total. The molecule has 3 aromatic carbocycles. The number of thioether (sulfide) groups is 1. The molecule has 2 aliphatic heterocycles. The Morgan fingerprint density at radius 2 is 1.91 bits per heavy atom. The largest absolute Gasteiger partial charge is 0.507 e. The van der Waals surface area contributed by atoms with E-state index in [0.717, 1.165) is 23.3 Å². The van der Waals surface area contributed by atoms with E-state index >= 15 is 0 Å². The van der Waals surface area contributed by atoms with Gasteiger partial charge in [0.1, 0.15) is 17.6 Å². The Hall–Kier alpha value is -4.06. The summed E-state index contributed by atoms with van der Waals surface area (Å²) in [5, 5.41) is 21.2. The molecule has 0 saturated carbocycles. The number of carbonyl (C=O) groups is 2. The smallest absolute Gasteiger partial charge is 0.301 e. The Morgan fingerprint density at radius 3 is 2.70 bits per heavy atom. The Bertz CT molecular complexity index is 1830. The first kappa shape index (κ1) is 31.9. The van der Waals surface area contributed by atoms with E-state index in [1.54, 1.807) is 36.4 Å². The molecule has 0 radical (unpaired) electrons. The number of ether oxygens (including phenoxy) is 3. The highest BCUT2D eigenvalue weighted by atomic mass is 35.5. The third-order valence-electron chi connectivity index (χ3n) is 7.57. The van der Waals surface area contributed by atoms with Crippen molar-refractivity contribution in [2.45, 2.75) is 55.9 Å². The zero-order valence-electron chi connectivity index (χ0n) is 25.5. The van der Waals surface area contributed by atoms with Gasteiger partial charge < -0.3 is 19.3 Å². The van der Waals surface area contributed by atoms with Crippen LogP contribution in [0.1, 0.15) is 55.5 Å². The molecule has 1 aromatic heterocycles. The lowest BCUT2D eigenvalue weighted by Gasteiger charge is -2.23. The number of ketones is 1. The van der Waals surface area contributed by atoms with E-state index in [1.165, 1.54) is 28.0 Å². The SMILES string of the molecule is CCCOc1ccc([C@H]2C(=C(O)c3ccc4c(c3)C[C@H](C)O4)C(=O)C(=O)N2c2nnc(SCc3ccccc3Cl)s2)cc1OCC. The van der Waals surface area contributed by atoms with Gasteiger partial charge in [-0.25, -0.2) is 0 Å². The van der Waals surface area contributed by atoms with Gasteiger partial charge in [-0.05, 0) is 73.4 Å². The van der Waals surface area contributed by atoms with Crippen molar-refractivity contribution < 1.29 is 28.9 Å². The number of hydrogen-bond donors (Lipinski definition) is 1. The lowest BCUT2D eigenvalue weighted by molar-refractivity contribution is -0.132. The Kier molecular flexibility index (Phi) is 9.53. The monoisotopic (exact) mass is 677 g/mol. The minimum Gasteiger partial charge on any atom is -0.507 e. The number of anilines is 1. The zero-order chi connectivity index (χ0) is 32.4. The van der Waals surface area contributed by atoms with Gasteiger partial charge in [0.15, 0.2) is 15.8 Å². The van der Waals surface area contributed by atoms with Crippen molar-refractivity contribution in [2.24, 2.45) is 0 Å². The summed E-state index contributed by atoms with van der Waals surface area (Å²) in [6.07, 6.45) is 1.49. The number of aliphatic hydroxyl groups is 1.